The van der Waals surface area contributed by atoms with Crippen molar-refractivity contribution in [1.82, 2.24) is 4.98 Å². The molecular weight excluding hydrogens is 387 g/mol. The number of hydrogen-bond donors (Lipinski definition) is 1. The van der Waals surface area contributed by atoms with Gasteiger partial charge in [-0.05, 0) is 24.6 Å². The van der Waals surface area contributed by atoms with Crippen molar-refractivity contribution in [2.75, 3.05) is 12.0 Å². The van der Waals surface area contributed by atoms with Crippen LogP contribution >= 0.6 is 11.3 Å². The minimum absolute atomic E-state index is 0.246. The third-order valence-corrected chi connectivity index (χ3v) is 4.48. The maximum absolute atomic E-state index is 13.0. The summed E-state index contributed by atoms with van der Waals surface area (Å²) in [7, 11) is 0. The highest BCUT2D eigenvalue weighted by Crippen LogP contribution is 2.32. The number of halogens is 3. The molecule has 0 amide bonds. The van der Waals surface area contributed by atoms with Crippen LogP contribution in [0.1, 0.15) is 24.5 Å². The first-order valence-electron chi connectivity index (χ1n) is 8.61. The summed E-state index contributed by atoms with van der Waals surface area (Å²) in [6, 6.07) is 13.0. The van der Waals surface area contributed by atoms with Crippen LogP contribution in [0.25, 0.3) is 11.3 Å². The van der Waals surface area contributed by atoms with E-state index in [1.807, 2.05) is 42.6 Å². The molecule has 28 heavy (non-hydrogen) atoms. The Bertz CT molecular complexity index is 939. The molecule has 3 rings (SSSR count). The number of alkyl halides is 3. The molecule has 0 fully saturated rings. The van der Waals surface area contributed by atoms with Gasteiger partial charge in [0, 0.05) is 16.5 Å². The van der Waals surface area contributed by atoms with E-state index in [1.54, 1.807) is 0 Å². The molecule has 2 aromatic carbocycles. The molecule has 0 atom stereocenters. The van der Waals surface area contributed by atoms with Gasteiger partial charge in [-0.3, -0.25) is 5.43 Å². The van der Waals surface area contributed by atoms with Crippen LogP contribution in [-0.2, 0) is 6.18 Å². The predicted octanol–water partition coefficient (Wildman–Crippen LogP) is 6.06. The number of benzene rings is 2. The van der Waals surface area contributed by atoms with Gasteiger partial charge >= 0.3 is 6.18 Å². The maximum atomic E-state index is 13.0. The van der Waals surface area contributed by atoms with Crippen LogP contribution in [0, 0.1) is 0 Å². The second-order valence-corrected chi connectivity index (χ2v) is 6.73. The molecule has 1 heterocycles. The molecule has 146 valence electrons. The first kappa shape index (κ1) is 19.9. The molecule has 0 aliphatic carbocycles. The number of hydrogen-bond acceptors (Lipinski definition) is 5. The lowest BCUT2D eigenvalue weighted by Crippen LogP contribution is -2.07. The van der Waals surface area contributed by atoms with Crippen LogP contribution in [0.2, 0.25) is 0 Å². The van der Waals surface area contributed by atoms with Crippen LogP contribution in [0.4, 0.5) is 18.3 Å². The van der Waals surface area contributed by atoms with Crippen molar-refractivity contribution in [3.63, 3.8) is 0 Å². The molecule has 0 aliphatic rings. The number of nitrogens with one attached hydrogen (secondary N) is 1. The van der Waals surface area contributed by atoms with Crippen LogP contribution < -0.4 is 10.2 Å². The highest BCUT2D eigenvalue weighted by atomic mass is 32.1. The van der Waals surface area contributed by atoms with Crippen LogP contribution in [-0.4, -0.2) is 17.8 Å². The zero-order valence-corrected chi connectivity index (χ0v) is 15.8. The van der Waals surface area contributed by atoms with Crippen LogP contribution in [0.15, 0.2) is 59.0 Å². The molecule has 8 heteroatoms. The number of aromatic nitrogens is 1. The van der Waals surface area contributed by atoms with Gasteiger partial charge in [-0.25, -0.2) is 4.98 Å². The molecule has 1 N–H and O–H groups in total. The van der Waals surface area contributed by atoms with Crippen LogP contribution in [0.5, 0.6) is 5.75 Å². The number of ether oxygens (including phenoxy) is 1. The number of rotatable bonds is 7. The largest absolute Gasteiger partial charge is 0.493 e. The summed E-state index contributed by atoms with van der Waals surface area (Å²) in [5.41, 5.74) is 4.04. The van der Waals surface area contributed by atoms with Crippen LogP contribution in [0.3, 0.4) is 0 Å². The molecule has 0 radical (unpaired) electrons. The van der Waals surface area contributed by atoms with E-state index >= 15 is 0 Å². The number of thiazole rings is 1. The van der Waals surface area contributed by atoms with E-state index in [4.69, 9.17) is 4.74 Å². The Morgan fingerprint density at radius 1 is 1.18 bits per heavy atom. The SMILES string of the molecule is CCCOc1ccc(C(F)(F)F)cc1C=NNc1nc(-c2ccccc2)cs1. The van der Waals surface area contributed by atoms with Gasteiger partial charge in [0.15, 0.2) is 0 Å². The summed E-state index contributed by atoms with van der Waals surface area (Å²) in [6.07, 6.45) is -2.37. The molecule has 0 spiro atoms. The van der Waals surface area contributed by atoms with E-state index in [-0.39, 0.29) is 5.56 Å². The molecular formula is C20H18F3N3OS. The van der Waals surface area contributed by atoms with Crippen molar-refractivity contribution < 1.29 is 17.9 Å². The Kier molecular flexibility index (Phi) is 6.30. The Labute approximate surface area is 164 Å². The van der Waals surface area contributed by atoms with Crippen molar-refractivity contribution in [3.8, 4) is 17.0 Å². The Morgan fingerprint density at radius 2 is 1.96 bits per heavy atom. The first-order chi connectivity index (χ1) is 13.5. The molecule has 0 aliphatic heterocycles. The van der Waals surface area contributed by atoms with Gasteiger partial charge in [-0.15, -0.1) is 11.3 Å². The minimum Gasteiger partial charge on any atom is -0.493 e. The van der Waals surface area contributed by atoms with E-state index in [0.29, 0.717) is 17.5 Å². The molecule has 0 unspecified atom stereocenters. The van der Waals surface area contributed by atoms with E-state index < -0.39 is 11.7 Å². The van der Waals surface area contributed by atoms with Crippen molar-refractivity contribution in [1.29, 1.82) is 0 Å². The summed E-state index contributed by atoms with van der Waals surface area (Å²) < 4.78 is 44.5. The fourth-order valence-corrected chi connectivity index (χ4v) is 3.06. The van der Waals surface area contributed by atoms with E-state index in [2.05, 4.69) is 15.5 Å². The lowest BCUT2D eigenvalue weighted by Gasteiger charge is -2.12. The zero-order valence-electron chi connectivity index (χ0n) is 15.0. The summed E-state index contributed by atoms with van der Waals surface area (Å²) in [4.78, 5) is 4.42. The normalized spacial score (nSPS) is 11.7. The van der Waals surface area contributed by atoms with Crippen molar-refractivity contribution in [2.45, 2.75) is 19.5 Å². The lowest BCUT2D eigenvalue weighted by molar-refractivity contribution is -0.137. The van der Waals surface area contributed by atoms with Gasteiger partial charge in [-0.1, -0.05) is 37.3 Å². The molecule has 0 saturated carbocycles. The number of anilines is 1. The number of hydrazone groups is 1. The van der Waals surface area contributed by atoms with Crippen molar-refractivity contribution in [2.24, 2.45) is 5.10 Å². The molecule has 3 aromatic rings. The summed E-state index contributed by atoms with van der Waals surface area (Å²) in [6.45, 7) is 2.33. The van der Waals surface area contributed by atoms with Gasteiger partial charge in [0.05, 0.1) is 24.1 Å². The van der Waals surface area contributed by atoms with Gasteiger partial charge in [0.1, 0.15) is 5.75 Å². The fourth-order valence-electron chi connectivity index (χ4n) is 2.39. The van der Waals surface area contributed by atoms with E-state index in [9.17, 15) is 13.2 Å². The molecule has 4 nitrogen and oxygen atoms in total. The van der Waals surface area contributed by atoms with E-state index in [1.165, 1.54) is 23.6 Å². The highest BCUT2D eigenvalue weighted by molar-refractivity contribution is 7.14. The average molecular weight is 405 g/mol. The highest BCUT2D eigenvalue weighted by Gasteiger charge is 2.31. The smallest absolute Gasteiger partial charge is 0.416 e. The monoisotopic (exact) mass is 405 g/mol. The van der Waals surface area contributed by atoms with Gasteiger partial charge in [-0.2, -0.15) is 18.3 Å². The van der Waals surface area contributed by atoms with Gasteiger partial charge in [0.25, 0.3) is 0 Å². The maximum Gasteiger partial charge on any atom is 0.416 e. The Hall–Kier alpha value is -2.87. The first-order valence-corrected chi connectivity index (χ1v) is 9.49. The zero-order chi connectivity index (χ0) is 20.0. The Morgan fingerprint density at radius 3 is 2.68 bits per heavy atom. The van der Waals surface area contributed by atoms with Crippen molar-refractivity contribution in [3.05, 3.63) is 65.0 Å². The summed E-state index contributed by atoms with van der Waals surface area (Å²) in [5.74, 6) is 0.351. The lowest BCUT2D eigenvalue weighted by atomic mass is 10.1. The predicted molar refractivity (Wildman–Crippen MR) is 106 cm³/mol. The second kappa shape index (κ2) is 8.88. The summed E-state index contributed by atoms with van der Waals surface area (Å²) in [5, 5.41) is 6.46. The number of nitrogens with zero attached hydrogens (tertiary/aromatic N) is 2. The minimum atomic E-state index is -4.43. The fraction of sp³-hybridized carbons (Fsp3) is 0.200. The van der Waals surface area contributed by atoms with Crippen molar-refractivity contribution >= 4 is 22.7 Å². The third kappa shape index (κ3) is 5.10. The average Bonchev–Trinajstić information content (AvgIpc) is 3.16. The topological polar surface area (TPSA) is 46.5 Å². The van der Waals surface area contributed by atoms with Gasteiger partial charge < -0.3 is 4.74 Å². The summed E-state index contributed by atoms with van der Waals surface area (Å²) >= 11 is 1.36. The van der Waals surface area contributed by atoms with E-state index in [0.717, 1.165) is 29.8 Å². The Balaban J connectivity index is 1.76. The molecule has 0 bridgehead atoms. The quantitative estimate of drug-likeness (QED) is 0.384. The third-order valence-electron chi connectivity index (χ3n) is 3.74. The second-order valence-electron chi connectivity index (χ2n) is 5.87. The molecule has 1 aromatic heterocycles. The molecule has 0 saturated heterocycles. The van der Waals surface area contributed by atoms with Gasteiger partial charge in [0.2, 0.25) is 5.13 Å². The standard InChI is InChI=1S/C20H18F3N3OS/c1-2-10-27-18-9-8-16(20(21,22)23)11-15(18)12-24-26-19-25-17(13-28-19)14-6-4-3-5-7-14/h3-9,11-13H,2,10H2,1H3,(H,25,26).